The van der Waals surface area contributed by atoms with E-state index >= 15 is 0 Å². The topological polar surface area (TPSA) is 110 Å². The highest BCUT2D eigenvalue weighted by atomic mass is 32.2. The second kappa shape index (κ2) is 10.9. The smallest absolute Gasteiger partial charge is 0.311 e. The summed E-state index contributed by atoms with van der Waals surface area (Å²) in [4.78, 5) is 24.9. The number of carbonyl (C=O) groups excluding carboxylic acids is 1. The lowest BCUT2D eigenvalue weighted by atomic mass is 10.2. The van der Waals surface area contributed by atoms with E-state index in [1.807, 2.05) is 0 Å². The number of amides is 1. The molecule has 0 atom stereocenters. The number of hydrogen-bond acceptors (Lipinski definition) is 7. The van der Waals surface area contributed by atoms with E-state index < -0.39 is 20.8 Å². The third kappa shape index (κ3) is 6.21. The van der Waals surface area contributed by atoms with Crippen molar-refractivity contribution in [2.24, 2.45) is 0 Å². The van der Waals surface area contributed by atoms with E-state index in [2.05, 4.69) is 0 Å². The average Bonchev–Trinajstić information content (AvgIpc) is 3.06. The van der Waals surface area contributed by atoms with Gasteiger partial charge in [-0.25, -0.2) is 12.8 Å². The summed E-state index contributed by atoms with van der Waals surface area (Å²) in [5.74, 6) is 0.127. The number of carbonyl (C=O) groups is 1. The first-order chi connectivity index (χ1) is 15.7. The van der Waals surface area contributed by atoms with Gasteiger partial charge in [0.2, 0.25) is 15.9 Å². The van der Waals surface area contributed by atoms with E-state index in [1.54, 1.807) is 11.0 Å². The number of methoxy groups -OCH3 is 1. The molecule has 0 unspecified atom stereocenters. The molecule has 0 saturated carbocycles. The zero-order valence-corrected chi connectivity index (χ0v) is 19.6. The van der Waals surface area contributed by atoms with Crippen molar-refractivity contribution in [1.82, 2.24) is 9.21 Å². The predicted octanol–water partition coefficient (Wildman–Crippen LogP) is 2.90. The number of rotatable bonds is 8. The van der Waals surface area contributed by atoms with Crippen LogP contribution in [-0.2, 0) is 20.6 Å². The Morgan fingerprint density at radius 1 is 1.15 bits per heavy atom. The number of halogens is 1. The highest BCUT2D eigenvalue weighted by Gasteiger charge is 2.28. The van der Waals surface area contributed by atoms with Crippen LogP contribution in [0.25, 0.3) is 0 Å². The van der Waals surface area contributed by atoms with Gasteiger partial charge in [0.25, 0.3) is 0 Å². The minimum Gasteiger partial charge on any atom is -0.490 e. The maximum atomic E-state index is 13.1. The molecule has 1 heterocycles. The number of hydrogen-bond donors (Lipinski definition) is 0. The fraction of sp³-hybridized carbons (Fsp3) is 0.381. The summed E-state index contributed by atoms with van der Waals surface area (Å²) in [6.07, 6.45) is 0.488. The summed E-state index contributed by atoms with van der Waals surface area (Å²) in [7, 11) is -2.40. The van der Waals surface area contributed by atoms with Crippen molar-refractivity contribution in [2.45, 2.75) is 17.1 Å². The standard InChI is InChI=1S/C21H24FN3O6S2/c1-31-20-8-3-16(13-19(20)25(27)28)14-32-15-21(26)23-9-2-10-24(12-11-23)33(29,30)18-6-4-17(22)5-7-18/h3-8,13H,2,9-12,14-15H2,1H3. The van der Waals surface area contributed by atoms with Crippen LogP contribution in [0.2, 0.25) is 0 Å². The SMILES string of the molecule is COc1ccc(CSCC(=O)N2CCCN(S(=O)(=O)c3ccc(F)cc3)CC2)cc1[N+](=O)[O-]. The van der Waals surface area contributed by atoms with Gasteiger partial charge in [0.1, 0.15) is 5.82 Å². The summed E-state index contributed by atoms with van der Waals surface area (Å²) in [6.45, 7) is 1.11. The number of nitrogens with zero attached hydrogens (tertiary/aromatic N) is 3. The molecule has 0 aromatic heterocycles. The fourth-order valence-electron chi connectivity index (χ4n) is 3.45. The summed E-state index contributed by atoms with van der Waals surface area (Å²) >= 11 is 1.33. The van der Waals surface area contributed by atoms with Crippen LogP contribution in [0.4, 0.5) is 10.1 Å². The Balaban J connectivity index is 1.54. The van der Waals surface area contributed by atoms with Crippen molar-refractivity contribution < 1.29 is 27.3 Å². The van der Waals surface area contributed by atoms with Crippen LogP contribution in [0.3, 0.4) is 0 Å². The van der Waals surface area contributed by atoms with Crippen LogP contribution in [0.15, 0.2) is 47.4 Å². The lowest BCUT2D eigenvalue weighted by molar-refractivity contribution is -0.385. The Kier molecular flexibility index (Phi) is 8.27. The largest absolute Gasteiger partial charge is 0.490 e. The molecular formula is C21H24FN3O6S2. The third-order valence-corrected chi connectivity index (χ3v) is 8.09. The molecule has 0 spiro atoms. The van der Waals surface area contributed by atoms with Crippen LogP contribution in [-0.4, -0.2) is 67.5 Å². The Morgan fingerprint density at radius 3 is 2.55 bits per heavy atom. The number of sulfonamides is 1. The van der Waals surface area contributed by atoms with Gasteiger partial charge < -0.3 is 9.64 Å². The molecular weight excluding hydrogens is 473 g/mol. The highest BCUT2D eigenvalue weighted by Crippen LogP contribution is 2.29. The monoisotopic (exact) mass is 497 g/mol. The molecule has 1 aliphatic rings. The number of nitro benzene ring substituents is 1. The minimum atomic E-state index is -3.76. The second-order valence-corrected chi connectivity index (χ2v) is 10.3. The van der Waals surface area contributed by atoms with Crippen LogP contribution in [0.5, 0.6) is 5.75 Å². The maximum Gasteiger partial charge on any atom is 0.311 e. The van der Waals surface area contributed by atoms with Gasteiger partial charge in [0.15, 0.2) is 5.75 Å². The van der Waals surface area contributed by atoms with E-state index in [4.69, 9.17) is 4.74 Å². The van der Waals surface area contributed by atoms with Crippen molar-refractivity contribution in [3.05, 3.63) is 64.0 Å². The van der Waals surface area contributed by atoms with Gasteiger partial charge in [-0.2, -0.15) is 4.31 Å². The molecule has 1 fully saturated rings. The maximum absolute atomic E-state index is 13.1. The van der Waals surface area contributed by atoms with Gasteiger partial charge in [0, 0.05) is 38.0 Å². The first-order valence-electron chi connectivity index (χ1n) is 10.1. The molecule has 2 aromatic rings. The minimum absolute atomic E-state index is 0.0211. The van der Waals surface area contributed by atoms with Crippen LogP contribution in [0.1, 0.15) is 12.0 Å². The quantitative estimate of drug-likeness (QED) is 0.407. The average molecular weight is 498 g/mol. The Bertz CT molecular complexity index is 1110. The predicted molar refractivity (Wildman–Crippen MR) is 122 cm³/mol. The third-order valence-electron chi connectivity index (χ3n) is 5.19. The molecule has 0 radical (unpaired) electrons. The first kappa shape index (κ1) is 24.9. The van der Waals surface area contributed by atoms with Crippen molar-refractivity contribution >= 4 is 33.4 Å². The second-order valence-electron chi connectivity index (χ2n) is 7.35. The Hall–Kier alpha value is -2.70. The lowest BCUT2D eigenvalue weighted by Gasteiger charge is -2.22. The molecule has 1 aliphatic heterocycles. The lowest BCUT2D eigenvalue weighted by Crippen LogP contribution is -2.38. The van der Waals surface area contributed by atoms with Gasteiger partial charge in [0.05, 0.1) is 22.7 Å². The van der Waals surface area contributed by atoms with E-state index in [1.165, 1.54) is 47.4 Å². The summed E-state index contributed by atoms with van der Waals surface area (Å²) < 4.78 is 45.1. The first-order valence-corrected chi connectivity index (χ1v) is 12.7. The molecule has 0 N–H and O–H groups in total. The molecule has 9 nitrogen and oxygen atoms in total. The van der Waals surface area contributed by atoms with E-state index in [0.29, 0.717) is 24.3 Å². The van der Waals surface area contributed by atoms with E-state index in [0.717, 1.165) is 12.1 Å². The number of thioether (sulfide) groups is 1. The Morgan fingerprint density at radius 2 is 1.88 bits per heavy atom. The summed E-state index contributed by atoms with van der Waals surface area (Å²) in [5.41, 5.74) is 0.574. The zero-order valence-electron chi connectivity index (χ0n) is 18.0. The molecule has 0 bridgehead atoms. The van der Waals surface area contributed by atoms with Crippen molar-refractivity contribution in [3.8, 4) is 5.75 Å². The van der Waals surface area contributed by atoms with Gasteiger partial charge in [-0.1, -0.05) is 6.07 Å². The van der Waals surface area contributed by atoms with Gasteiger partial charge >= 0.3 is 5.69 Å². The number of nitro groups is 1. The molecule has 2 aromatic carbocycles. The van der Waals surface area contributed by atoms with Gasteiger partial charge in [-0.05, 0) is 42.3 Å². The van der Waals surface area contributed by atoms with Crippen molar-refractivity contribution in [1.29, 1.82) is 0 Å². The molecule has 33 heavy (non-hydrogen) atoms. The van der Waals surface area contributed by atoms with Gasteiger partial charge in [-0.15, -0.1) is 11.8 Å². The molecule has 1 amide bonds. The molecule has 3 rings (SSSR count). The molecule has 12 heteroatoms. The molecule has 178 valence electrons. The summed E-state index contributed by atoms with van der Waals surface area (Å²) in [5, 5.41) is 11.2. The number of benzene rings is 2. The zero-order chi connectivity index (χ0) is 24.0. The van der Waals surface area contributed by atoms with Crippen molar-refractivity contribution in [3.63, 3.8) is 0 Å². The number of ether oxygens (including phenoxy) is 1. The fourth-order valence-corrected chi connectivity index (χ4v) is 5.80. The van der Waals surface area contributed by atoms with Crippen LogP contribution >= 0.6 is 11.8 Å². The highest BCUT2D eigenvalue weighted by molar-refractivity contribution is 7.99. The van der Waals surface area contributed by atoms with Crippen LogP contribution in [0, 0.1) is 15.9 Å². The van der Waals surface area contributed by atoms with Crippen molar-refractivity contribution in [2.75, 3.05) is 39.0 Å². The van der Waals surface area contributed by atoms with E-state index in [9.17, 15) is 27.7 Å². The molecule has 0 aliphatic carbocycles. The molecule has 1 saturated heterocycles. The van der Waals surface area contributed by atoms with Crippen LogP contribution < -0.4 is 4.74 Å². The van der Waals surface area contributed by atoms with E-state index in [-0.39, 0.29) is 47.6 Å². The normalized spacial score (nSPS) is 15.2. The summed E-state index contributed by atoms with van der Waals surface area (Å²) in [6, 6.07) is 9.36. The Labute approximate surface area is 195 Å². The van der Waals surface area contributed by atoms with Gasteiger partial charge in [-0.3, -0.25) is 14.9 Å².